The highest BCUT2D eigenvalue weighted by Gasteiger charge is 2.38. The van der Waals surface area contributed by atoms with Gasteiger partial charge < -0.3 is 19.9 Å². The first-order valence-corrected chi connectivity index (χ1v) is 10.5. The van der Waals surface area contributed by atoms with Crippen molar-refractivity contribution in [2.75, 3.05) is 26.3 Å². The molecule has 1 aromatic rings. The van der Waals surface area contributed by atoms with Crippen molar-refractivity contribution >= 4 is 5.91 Å². The molecule has 1 amide bonds. The van der Waals surface area contributed by atoms with Gasteiger partial charge in [0.15, 0.2) is 0 Å². The molecule has 3 aliphatic rings. The third-order valence-corrected chi connectivity index (χ3v) is 5.92. The molecule has 3 heterocycles. The Balaban J connectivity index is 1.36. The van der Waals surface area contributed by atoms with Gasteiger partial charge in [-0.1, -0.05) is 0 Å². The molecule has 0 aromatic carbocycles. The van der Waals surface area contributed by atoms with Gasteiger partial charge in [0, 0.05) is 38.1 Å². The Hall–Kier alpha value is -1.54. The molecule has 0 spiro atoms. The average molecular weight is 389 g/mol. The van der Waals surface area contributed by atoms with E-state index in [-0.39, 0.29) is 24.2 Å². The molecule has 3 fully saturated rings. The zero-order chi connectivity index (χ0) is 19.3. The molecule has 2 saturated heterocycles. The number of carbonyl (C=O) groups is 1. The van der Waals surface area contributed by atoms with Crippen molar-refractivity contribution in [1.29, 1.82) is 0 Å². The first-order valence-electron chi connectivity index (χ1n) is 10.5. The molecular formula is C21H31N3O4. The molecule has 7 heteroatoms. The maximum absolute atomic E-state index is 12.2. The second-order valence-corrected chi connectivity index (χ2v) is 8.37. The van der Waals surface area contributed by atoms with Crippen molar-refractivity contribution < 1.29 is 19.4 Å². The van der Waals surface area contributed by atoms with Crippen LogP contribution in [0.3, 0.4) is 0 Å². The topological polar surface area (TPSA) is 83.9 Å². The van der Waals surface area contributed by atoms with Gasteiger partial charge in [-0.25, -0.2) is 0 Å². The molecule has 1 saturated carbocycles. The maximum Gasteiger partial charge on any atom is 0.222 e. The highest BCUT2D eigenvalue weighted by atomic mass is 16.5. The number of aliphatic hydroxyl groups excluding tert-OH is 1. The predicted octanol–water partition coefficient (Wildman–Crippen LogP) is 1.11. The zero-order valence-corrected chi connectivity index (χ0v) is 16.3. The summed E-state index contributed by atoms with van der Waals surface area (Å²) < 4.78 is 12.0. The fourth-order valence-corrected chi connectivity index (χ4v) is 4.21. The normalized spacial score (nSPS) is 31.5. The second kappa shape index (κ2) is 9.31. The molecule has 2 N–H and O–H groups in total. The lowest BCUT2D eigenvalue weighted by molar-refractivity contribution is -0.158. The minimum absolute atomic E-state index is 0.0591. The fraction of sp³-hybridized carbons (Fsp3) is 0.714. The lowest BCUT2D eigenvalue weighted by atomic mass is 9.94. The Morgan fingerprint density at radius 3 is 2.82 bits per heavy atom. The lowest BCUT2D eigenvalue weighted by Gasteiger charge is -2.44. The van der Waals surface area contributed by atoms with E-state index in [0.29, 0.717) is 32.1 Å². The summed E-state index contributed by atoms with van der Waals surface area (Å²) in [5.74, 6) is 0.777. The van der Waals surface area contributed by atoms with E-state index < -0.39 is 6.10 Å². The third-order valence-electron chi connectivity index (χ3n) is 5.92. The monoisotopic (exact) mass is 389 g/mol. The van der Waals surface area contributed by atoms with Crippen LogP contribution < -0.4 is 5.32 Å². The van der Waals surface area contributed by atoms with E-state index in [2.05, 4.69) is 15.2 Å². The number of nitrogens with zero attached hydrogens (tertiary/aromatic N) is 2. The van der Waals surface area contributed by atoms with Crippen LogP contribution in [-0.2, 0) is 20.8 Å². The minimum atomic E-state index is -0.506. The maximum atomic E-state index is 12.2. The highest BCUT2D eigenvalue weighted by molar-refractivity contribution is 5.76. The number of amides is 1. The summed E-state index contributed by atoms with van der Waals surface area (Å²) in [6.07, 6.45) is 7.62. The van der Waals surface area contributed by atoms with Gasteiger partial charge in [-0.05, 0) is 49.3 Å². The standard InChI is InChI=1S/C21H31N3O4/c25-17-12-24(11-16-5-7-22-8-6-16)19-4-3-18(28-20(19)14-27-13-17)9-21(26)23-10-15-1-2-15/h5-8,15,17-20,25H,1-4,9-14H2,(H,23,26)/t17-,18+,19-,20+/m1/s1. The molecule has 7 nitrogen and oxygen atoms in total. The summed E-state index contributed by atoms with van der Waals surface area (Å²) in [6, 6.07) is 4.19. The number of β-amino-alcohol motifs (C(OH)–C–C–N with tert-alkyl or cyclic N) is 1. The molecule has 0 radical (unpaired) electrons. The van der Waals surface area contributed by atoms with Crippen molar-refractivity contribution in [1.82, 2.24) is 15.2 Å². The van der Waals surface area contributed by atoms with Crippen LogP contribution in [0.25, 0.3) is 0 Å². The van der Waals surface area contributed by atoms with E-state index in [1.165, 1.54) is 18.4 Å². The zero-order valence-electron chi connectivity index (χ0n) is 16.3. The van der Waals surface area contributed by atoms with Crippen LogP contribution >= 0.6 is 0 Å². The predicted molar refractivity (Wildman–Crippen MR) is 104 cm³/mol. The van der Waals surface area contributed by atoms with Gasteiger partial charge in [0.2, 0.25) is 5.91 Å². The molecule has 4 atom stereocenters. The Morgan fingerprint density at radius 2 is 2.04 bits per heavy atom. The number of fused-ring (bicyclic) bond motifs is 1. The molecule has 2 aliphatic heterocycles. The van der Waals surface area contributed by atoms with Gasteiger partial charge in [0.1, 0.15) is 0 Å². The lowest BCUT2D eigenvalue weighted by Crippen LogP contribution is -2.55. The second-order valence-electron chi connectivity index (χ2n) is 8.37. The molecule has 154 valence electrons. The van der Waals surface area contributed by atoms with E-state index >= 15 is 0 Å². The number of ether oxygens (including phenoxy) is 2. The molecule has 0 unspecified atom stereocenters. The van der Waals surface area contributed by atoms with Crippen molar-refractivity contribution in [3.05, 3.63) is 30.1 Å². The molecule has 0 bridgehead atoms. The van der Waals surface area contributed by atoms with Gasteiger partial charge in [-0.3, -0.25) is 14.7 Å². The summed E-state index contributed by atoms with van der Waals surface area (Å²) in [5, 5.41) is 13.3. The summed E-state index contributed by atoms with van der Waals surface area (Å²) in [4.78, 5) is 18.6. The minimum Gasteiger partial charge on any atom is -0.389 e. The smallest absolute Gasteiger partial charge is 0.222 e. The summed E-state index contributed by atoms with van der Waals surface area (Å²) in [5.41, 5.74) is 1.17. The van der Waals surface area contributed by atoms with Gasteiger partial charge in [0.25, 0.3) is 0 Å². The number of carbonyl (C=O) groups excluding carboxylic acids is 1. The Labute approximate surface area is 166 Å². The fourth-order valence-electron chi connectivity index (χ4n) is 4.21. The Kier molecular flexibility index (Phi) is 6.57. The van der Waals surface area contributed by atoms with Crippen LogP contribution in [0.5, 0.6) is 0 Å². The number of pyridine rings is 1. The number of nitrogens with one attached hydrogen (secondary N) is 1. The quantitative estimate of drug-likeness (QED) is 0.758. The van der Waals surface area contributed by atoms with Crippen LogP contribution in [0, 0.1) is 5.92 Å². The molecule has 28 heavy (non-hydrogen) atoms. The first-order chi connectivity index (χ1) is 13.7. The van der Waals surface area contributed by atoms with Gasteiger partial charge >= 0.3 is 0 Å². The van der Waals surface area contributed by atoms with Crippen molar-refractivity contribution in [2.45, 2.75) is 63.0 Å². The highest BCUT2D eigenvalue weighted by Crippen LogP contribution is 2.29. The van der Waals surface area contributed by atoms with E-state index in [4.69, 9.17) is 9.47 Å². The van der Waals surface area contributed by atoms with E-state index in [9.17, 15) is 9.90 Å². The average Bonchev–Trinajstić information content (AvgIpc) is 3.50. The number of aliphatic hydroxyl groups is 1. The van der Waals surface area contributed by atoms with Crippen molar-refractivity contribution in [3.8, 4) is 0 Å². The van der Waals surface area contributed by atoms with E-state index in [1.54, 1.807) is 12.4 Å². The number of hydrogen-bond acceptors (Lipinski definition) is 6. The number of aromatic nitrogens is 1. The van der Waals surface area contributed by atoms with Crippen molar-refractivity contribution in [2.24, 2.45) is 5.92 Å². The largest absolute Gasteiger partial charge is 0.389 e. The van der Waals surface area contributed by atoms with Crippen LogP contribution in [0.2, 0.25) is 0 Å². The molecule has 1 aliphatic carbocycles. The molecule has 1 aromatic heterocycles. The summed E-state index contributed by atoms with van der Waals surface area (Å²) in [6.45, 7) is 2.87. The van der Waals surface area contributed by atoms with Gasteiger partial charge in [-0.2, -0.15) is 0 Å². The Morgan fingerprint density at radius 1 is 1.21 bits per heavy atom. The molecule has 4 rings (SSSR count). The number of rotatable bonds is 6. The van der Waals surface area contributed by atoms with Gasteiger partial charge in [-0.15, -0.1) is 0 Å². The summed E-state index contributed by atoms with van der Waals surface area (Å²) >= 11 is 0. The molecular weight excluding hydrogens is 358 g/mol. The van der Waals surface area contributed by atoms with Crippen LogP contribution in [-0.4, -0.2) is 71.6 Å². The van der Waals surface area contributed by atoms with E-state index in [0.717, 1.165) is 25.9 Å². The van der Waals surface area contributed by atoms with Crippen LogP contribution in [0.1, 0.15) is 37.7 Å². The summed E-state index contributed by atoms with van der Waals surface area (Å²) in [7, 11) is 0. The van der Waals surface area contributed by atoms with Gasteiger partial charge in [0.05, 0.1) is 37.9 Å². The number of hydrogen-bond donors (Lipinski definition) is 2. The van der Waals surface area contributed by atoms with Crippen LogP contribution in [0.4, 0.5) is 0 Å². The third kappa shape index (κ3) is 5.50. The van der Waals surface area contributed by atoms with E-state index in [1.807, 2.05) is 12.1 Å². The Bertz CT molecular complexity index is 640. The SMILES string of the molecule is O=C(C[C@@H]1CC[C@@H]2[C@H](COC[C@H](O)CN2Cc2ccncc2)O1)NCC1CC1. The first kappa shape index (κ1) is 19.8. The van der Waals surface area contributed by atoms with Crippen LogP contribution in [0.15, 0.2) is 24.5 Å². The van der Waals surface area contributed by atoms with Crippen molar-refractivity contribution in [3.63, 3.8) is 0 Å².